The minimum absolute atomic E-state index is 0.303. The molecule has 0 radical (unpaired) electrons. The lowest BCUT2D eigenvalue weighted by molar-refractivity contribution is 0.482. The van der Waals surface area contributed by atoms with Gasteiger partial charge in [0.05, 0.1) is 6.16 Å². The molecule has 3 aromatic rings. The number of hydrogen-bond acceptors (Lipinski definition) is 4. The monoisotopic (exact) mass is 458 g/mol. The summed E-state index contributed by atoms with van der Waals surface area (Å²) in [5.41, 5.74) is 3.62. The zero-order valence-corrected chi connectivity index (χ0v) is 20.1. The van der Waals surface area contributed by atoms with Crippen LogP contribution in [-0.4, -0.2) is 24.9 Å². The molecule has 0 saturated carbocycles. The van der Waals surface area contributed by atoms with Gasteiger partial charge in [0.1, 0.15) is 32.3 Å². The molecule has 0 aliphatic carbocycles. The van der Waals surface area contributed by atoms with E-state index in [9.17, 15) is 13.0 Å². The molecule has 0 fully saturated rings. The average Bonchev–Trinajstić information content (AvgIpc) is 2.70. The van der Waals surface area contributed by atoms with Crippen LogP contribution in [0.5, 0.6) is 0 Å². The fourth-order valence-electron chi connectivity index (χ4n) is 3.69. The Morgan fingerprint density at radius 3 is 1.33 bits per heavy atom. The van der Waals surface area contributed by atoms with Gasteiger partial charge in [-0.2, -0.15) is 0 Å². The summed E-state index contributed by atoms with van der Waals surface area (Å²) < 4.78 is 33.3. The van der Waals surface area contributed by atoms with Crippen molar-refractivity contribution in [2.45, 2.75) is 27.2 Å². The van der Waals surface area contributed by atoms with Crippen LogP contribution in [0.4, 0.5) is 0 Å². The maximum Gasteiger partial charge on any atom is 0.149 e. The molecule has 158 valence electrons. The van der Waals surface area contributed by atoms with Crippen LogP contribution in [0.15, 0.2) is 72.8 Å². The summed E-state index contributed by atoms with van der Waals surface area (Å²) >= 11 is 0. The highest BCUT2D eigenvalue weighted by Crippen LogP contribution is 2.56. The van der Waals surface area contributed by atoms with Crippen LogP contribution < -0.4 is 15.9 Å². The fraction of sp³-hybridized carbons (Fsp3) is 0.250. The van der Waals surface area contributed by atoms with Crippen LogP contribution in [-0.2, 0) is 9.15 Å². The van der Waals surface area contributed by atoms with Crippen molar-refractivity contribution in [1.29, 1.82) is 0 Å². The standard InChI is InChI=1S/C24H27O3PS2/c1-19-5-11-22(12-6-19)28(17-4-18-29-30(25,26)27,23-13-7-20(2)8-14-23)24-15-9-21(3)10-16-24/h5-16H,4,17-18H2,1-3H3. The van der Waals surface area contributed by atoms with Crippen LogP contribution in [0.25, 0.3) is 0 Å². The van der Waals surface area contributed by atoms with Crippen molar-refractivity contribution in [3.63, 3.8) is 0 Å². The van der Waals surface area contributed by atoms with E-state index >= 15 is 0 Å². The molecule has 3 rings (SSSR count). The average molecular weight is 459 g/mol. The molecule has 0 spiro atoms. The van der Waals surface area contributed by atoms with Crippen molar-refractivity contribution in [1.82, 2.24) is 0 Å². The second-order valence-electron chi connectivity index (χ2n) is 7.62. The number of rotatable bonds is 8. The molecule has 0 aliphatic rings. The van der Waals surface area contributed by atoms with Gasteiger partial charge in [-0.1, -0.05) is 53.1 Å². The number of hydrogen-bond donors (Lipinski definition) is 0. The summed E-state index contributed by atoms with van der Waals surface area (Å²) in [7, 11) is -5.78. The molecule has 6 heteroatoms. The molecule has 0 N–H and O–H groups in total. The Kier molecular flexibility index (Phi) is 7.41. The summed E-state index contributed by atoms with van der Waals surface area (Å²) in [4.78, 5) is 0. The minimum atomic E-state index is -4.27. The summed E-state index contributed by atoms with van der Waals surface area (Å²) in [5.74, 6) is 0.303. The third-order valence-corrected chi connectivity index (χ3v) is 11.9. The maximum absolute atomic E-state index is 11.1. The van der Waals surface area contributed by atoms with Gasteiger partial charge in [0.2, 0.25) is 0 Å². The van der Waals surface area contributed by atoms with Gasteiger partial charge in [0.15, 0.2) is 0 Å². The molecule has 0 heterocycles. The van der Waals surface area contributed by atoms with Gasteiger partial charge >= 0.3 is 0 Å². The van der Waals surface area contributed by atoms with E-state index in [0.717, 1.165) is 6.16 Å². The van der Waals surface area contributed by atoms with Gasteiger partial charge in [0, 0.05) is 5.75 Å². The Morgan fingerprint density at radius 1 is 0.700 bits per heavy atom. The first kappa shape index (κ1) is 23.0. The molecular formula is C24H27O3PS2. The molecule has 0 bridgehead atoms. The highest BCUT2D eigenvalue weighted by Gasteiger charge is 2.44. The van der Waals surface area contributed by atoms with Gasteiger partial charge < -0.3 is 4.55 Å². The Balaban J connectivity index is 2.15. The SMILES string of the molecule is Cc1ccc([P+](CCCSS(=O)(=O)[O-])(c2ccc(C)cc2)c2ccc(C)cc2)cc1. The molecule has 0 unspecified atom stereocenters. The zero-order chi connectivity index (χ0) is 21.8. The Bertz CT molecular complexity index is 964. The molecule has 30 heavy (non-hydrogen) atoms. The topological polar surface area (TPSA) is 57.2 Å². The van der Waals surface area contributed by atoms with Gasteiger partial charge in [-0.25, -0.2) is 8.42 Å². The van der Waals surface area contributed by atoms with Crippen molar-refractivity contribution < 1.29 is 13.0 Å². The van der Waals surface area contributed by atoms with E-state index in [1.807, 2.05) is 0 Å². The largest absolute Gasteiger partial charge is 0.739 e. The van der Waals surface area contributed by atoms with Gasteiger partial charge in [-0.3, -0.25) is 0 Å². The molecule has 3 nitrogen and oxygen atoms in total. The maximum atomic E-state index is 11.1. The van der Waals surface area contributed by atoms with Crippen molar-refractivity contribution in [3.8, 4) is 0 Å². The third-order valence-electron chi connectivity index (χ3n) is 5.29. The van der Waals surface area contributed by atoms with E-state index in [0.29, 0.717) is 23.0 Å². The van der Waals surface area contributed by atoms with Crippen LogP contribution in [0.3, 0.4) is 0 Å². The quantitative estimate of drug-likeness (QED) is 0.216. The summed E-state index contributed by atoms with van der Waals surface area (Å²) in [6.07, 6.45) is 1.46. The smallest absolute Gasteiger partial charge is 0.149 e. The number of benzene rings is 3. The van der Waals surface area contributed by atoms with Crippen molar-refractivity contribution in [2.75, 3.05) is 11.9 Å². The predicted molar refractivity (Wildman–Crippen MR) is 131 cm³/mol. The minimum Gasteiger partial charge on any atom is -0.739 e. The number of aryl methyl sites for hydroxylation is 3. The van der Waals surface area contributed by atoms with E-state index < -0.39 is 16.4 Å². The van der Waals surface area contributed by atoms with Crippen LogP contribution in [0.2, 0.25) is 0 Å². The van der Waals surface area contributed by atoms with Crippen LogP contribution in [0.1, 0.15) is 23.1 Å². The van der Waals surface area contributed by atoms with Crippen LogP contribution in [0, 0.1) is 20.8 Å². The predicted octanol–water partition coefficient (Wildman–Crippen LogP) is 4.49. The van der Waals surface area contributed by atoms with Crippen LogP contribution >= 0.6 is 18.1 Å². The fourth-order valence-corrected chi connectivity index (χ4v) is 9.62. The summed E-state index contributed by atoms with van der Waals surface area (Å²) in [6, 6.07) is 26.1. The second kappa shape index (κ2) is 9.65. The molecular weight excluding hydrogens is 431 g/mol. The van der Waals surface area contributed by atoms with Crippen molar-refractivity contribution >= 4 is 43.1 Å². The summed E-state index contributed by atoms with van der Waals surface area (Å²) in [5, 5.41) is 3.82. The first-order valence-corrected chi connectivity index (χ1v) is 14.8. The lowest BCUT2D eigenvalue weighted by atomic mass is 10.2. The Labute approximate surface area is 184 Å². The Hall–Kier alpha value is -1.65. The molecule has 0 aromatic heterocycles. The van der Waals surface area contributed by atoms with Crippen molar-refractivity contribution in [2.24, 2.45) is 0 Å². The first-order valence-electron chi connectivity index (χ1n) is 9.91. The first-order chi connectivity index (χ1) is 14.2. The molecule has 0 aliphatic heterocycles. The van der Waals surface area contributed by atoms with E-state index in [2.05, 4.69) is 93.6 Å². The zero-order valence-electron chi connectivity index (χ0n) is 17.5. The van der Waals surface area contributed by atoms with E-state index in [-0.39, 0.29) is 0 Å². The highest BCUT2D eigenvalue weighted by molar-refractivity contribution is 8.69. The molecule has 0 saturated heterocycles. The normalized spacial score (nSPS) is 12.1. The van der Waals surface area contributed by atoms with E-state index in [4.69, 9.17) is 0 Å². The molecule has 0 atom stereocenters. The summed E-state index contributed by atoms with van der Waals surface area (Å²) in [6.45, 7) is 6.24. The van der Waals surface area contributed by atoms with E-state index in [1.54, 1.807) is 0 Å². The van der Waals surface area contributed by atoms with Gasteiger partial charge in [-0.05, 0) is 74.4 Å². The lowest BCUT2D eigenvalue weighted by Gasteiger charge is -2.28. The van der Waals surface area contributed by atoms with Gasteiger partial charge in [0.25, 0.3) is 0 Å². The van der Waals surface area contributed by atoms with Crippen molar-refractivity contribution in [3.05, 3.63) is 89.5 Å². The molecule has 3 aromatic carbocycles. The Morgan fingerprint density at radius 2 is 1.03 bits per heavy atom. The molecule has 0 amide bonds. The second-order valence-corrected chi connectivity index (χ2v) is 14.6. The van der Waals surface area contributed by atoms with E-state index in [1.165, 1.54) is 32.6 Å². The highest BCUT2D eigenvalue weighted by atomic mass is 33.1. The lowest BCUT2D eigenvalue weighted by Crippen LogP contribution is -2.33. The third kappa shape index (κ3) is 5.53. The van der Waals surface area contributed by atoms with Gasteiger partial charge in [-0.15, -0.1) is 0 Å².